The van der Waals surface area contributed by atoms with E-state index in [-0.39, 0.29) is 6.61 Å². The van der Waals surface area contributed by atoms with Gasteiger partial charge >= 0.3 is 0 Å². The molecule has 0 saturated carbocycles. The number of aliphatic hydroxyl groups excluding tert-OH is 1. The van der Waals surface area contributed by atoms with Crippen LogP contribution in [0, 0.1) is 0 Å². The minimum atomic E-state index is 0.198. The van der Waals surface area contributed by atoms with E-state index in [4.69, 9.17) is 10.8 Å². The molecule has 0 atom stereocenters. The van der Waals surface area contributed by atoms with E-state index < -0.39 is 0 Å². The number of aliphatic hydroxyl groups is 1. The summed E-state index contributed by atoms with van der Waals surface area (Å²) < 4.78 is 0.970. The lowest BCUT2D eigenvalue weighted by Gasteiger charge is -2.08. The predicted octanol–water partition coefficient (Wildman–Crippen LogP) is 1.83. The molecular weight excluding hydrogens is 232 g/mol. The molecule has 0 aliphatic heterocycles. The van der Waals surface area contributed by atoms with Crippen LogP contribution in [0.3, 0.4) is 0 Å². The average Bonchev–Trinajstić information content (AvgIpc) is 2.09. The van der Waals surface area contributed by atoms with Crippen molar-refractivity contribution in [2.75, 3.05) is 24.2 Å². The Bertz CT molecular complexity index is 278. The molecule has 0 aliphatic carbocycles. The molecule has 0 heterocycles. The summed E-state index contributed by atoms with van der Waals surface area (Å²) in [4.78, 5) is 0. The van der Waals surface area contributed by atoms with Crippen molar-refractivity contribution < 1.29 is 5.11 Å². The first-order chi connectivity index (χ1) is 6.24. The normalized spacial score (nSPS) is 10.0. The van der Waals surface area contributed by atoms with Crippen molar-refractivity contribution in [3.05, 3.63) is 22.7 Å². The zero-order valence-corrected chi connectivity index (χ0v) is 8.84. The van der Waals surface area contributed by atoms with Crippen LogP contribution in [0.5, 0.6) is 0 Å². The third-order valence-corrected chi connectivity index (χ3v) is 2.16. The van der Waals surface area contributed by atoms with Crippen LogP contribution in [0.1, 0.15) is 6.42 Å². The highest BCUT2D eigenvalue weighted by Gasteiger charge is 1.97. The van der Waals surface area contributed by atoms with Gasteiger partial charge in [0.2, 0.25) is 0 Å². The molecule has 0 saturated heterocycles. The molecule has 0 aliphatic rings. The van der Waals surface area contributed by atoms with Gasteiger partial charge in [0.15, 0.2) is 0 Å². The van der Waals surface area contributed by atoms with Crippen molar-refractivity contribution in [1.29, 1.82) is 0 Å². The summed E-state index contributed by atoms with van der Waals surface area (Å²) in [5, 5.41) is 11.7. The zero-order chi connectivity index (χ0) is 9.68. The number of nitrogens with one attached hydrogen (secondary N) is 1. The molecule has 3 nitrogen and oxygen atoms in total. The molecular formula is C9H13BrN2O. The summed E-state index contributed by atoms with van der Waals surface area (Å²) in [6.07, 6.45) is 0.732. The van der Waals surface area contributed by atoms with E-state index in [9.17, 15) is 0 Å². The second kappa shape index (κ2) is 5.09. The summed E-state index contributed by atoms with van der Waals surface area (Å²) in [6.45, 7) is 0.936. The fourth-order valence-electron chi connectivity index (χ4n) is 0.997. The van der Waals surface area contributed by atoms with Gasteiger partial charge in [-0.1, -0.05) is 15.9 Å². The first-order valence-corrected chi connectivity index (χ1v) is 4.93. The maximum Gasteiger partial charge on any atom is 0.0574 e. The topological polar surface area (TPSA) is 58.3 Å². The van der Waals surface area contributed by atoms with E-state index in [0.29, 0.717) is 5.69 Å². The van der Waals surface area contributed by atoms with Crippen LogP contribution in [-0.4, -0.2) is 18.3 Å². The van der Waals surface area contributed by atoms with Crippen LogP contribution in [0.25, 0.3) is 0 Å². The summed E-state index contributed by atoms with van der Waals surface area (Å²) in [5.74, 6) is 0. The number of nitrogens with two attached hydrogens (primary N) is 1. The molecule has 0 fully saturated rings. The molecule has 0 unspecified atom stereocenters. The first kappa shape index (κ1) is 10.3. The van der Waals surface area contributed by atoms with Gasteiger partial charge in [0.05, 0.1) is 11.4 Å². The van der Waals surface area contributed by atoms with Crippen molar-refractivity contribution in [3.8, 4) is 0 Å². The van der Waals surface area contributed by atoms with E-state index in [1.54, 1.807) is 0 Å². The number of hydrogen-bond donors (Lipinski definition) is 3. The molecule has 4 N–H and O–H groups in total. The molecule has 4 heteroatoms. The van der Waals surface area contributed by atoms with Crippen LogP contribution >= 0.6 is 15.9 Å². The molecule has 0 bridgehead atoms. The fraction of sp³-hybridized carbons (Fsp3) is 0.333. The van der Waals surface area contributed by atoms with Crippen molar-refractivity contribution in [2.45, 2.75) is 6.42 Å². The molecule has 0 amide bonds. The Morgan fingerprint density at radius 2 is 2.23 bits per heavy atom. The van der Waals surface area contributed by atoms with Crippen molar-refractivity contribution in [2.24, 2.45) is 0 Å². The monoisotopic (exact) mass is 244 g/mol. The average molecular weight is 245 g/mol. The Labute approximate surface area is 86.1 Å². The fourth-order valence-corrected chi connectivity index (χ4v) is 1.38. The van der Waals surface area contributed by atoms with Gasteiger partial charge in [0, 0.05) is 17.6 Å². The van der Waals surface area contributed by atoms with Crippen molar-refractivity contribution in [3.63, 3.8) is 0 Å². The standard InChI is InChI=1S/C9H13BrN2O/c10-7-2-3-9(8(11)6-7)12-4-1-5-13/h2-3,6,12-13H,1,4-5,11H2. The van der Waals surface area contributed by atoms with Gasteiger partial charge in [0.1, 0.15) is 0 Å². The van der Waals surface area contributed by atoms with E-state index in [0.717, 1.165) is 23.1 Å². The second-order valence-corrected chi connectivity index (χ2v) is 3.65. The Morgan fingerprint density at radius 1 is 1.46 bits per heavy atom. The lowest BCUT2D eigenvalue weighted by atomic mass is 10.2. The Morgan fingerprint density at radius 3 is 2.85 bits per heavy atom. The number of halogens is 1. The molecule has 0 spiro atoms. The van der Waals surface area contributed by atoms with Crippen LogP contribution in [0.4, 0.5) is 11.4 Å². The number of benzene rings is 1. The van der Waals surface area contributed by atoms with Crippen molar-refractivity contribution in [1.82, 2.24) is 0 Å². The lowest BCUT2D eigenvalue weighted by Crippen LogP contribution is -2.05. The minimum Gasteiger partial charge on any atom is -0.397 e. The highest BCUT2D eigenvalue weighted by Crippen LogP contribution is 2.22. The largest absolute Gasteiger partial charge is 0.397 e. The molecule has 72 valence electrons. The SMILES string of the molecule is Nc1cc(Br)ccc1NCCCO. The summed E-state index contributed by atoms with van der Waals surface area (Å²) in [6, 6.07) is 5.69. The zero-order valence-electron chi connectivity index (χ0n) is 7.26. The minimum absolute atomic E-state index is 0.198. The summed E-state index contributed by atoms with van der Waals surface area (Å²) in [7, 11) is 0. The Hall–Kier alpha value is -0.740. The number of nitrogen functional groups attached to an aromatic ring is 1. The number of anilines is 2. The van der Waals surface area contributed by atoms with Gasteiger partial charge < -0.3 is 16.2 Å². The van der Waals surface area contributed by atoms with Gasteiger partial charge in [-0.3, -0.25) is 0 Å². The summed E-state index contributed by atoms with van der Waals surface area (Å²) in [5.41, 5.74) is 7.38. The maximum atomic E-state index is 8.58. The molecule has 0 radical (unpaired) electrons. The van der Waals surface area contributed by atoms with Gasteiger partial charge in [-0.25, -0.2) is 0 Å². The highest BCUT2D eigenvalue weighted by atomic mass is 79.9. The van der Waals surface area contributed by atoms with Gasteiger partial charge in [-0.2, -0.15) is 0 Å². The van der Waals surface area contributed by atoms with Crippen LogP contribution in [0.2, 0.25) is 0 Å². The molecule has 0 aromatic heterocycles. The smallest absolute Gasteiger partial charge is 0.0574 e. The Balaban J connectivity index is 2.56. The van der Waals surface area contributed by atoms with Crippen LogP contribution in [-0.2, 0) is 0 Å². The second-order valence-electron chi connectivity index (χ2n) is 2.74. The van der Waals surface area contributed by atoms with Gasteiger partial charge in [-0.15, -0.1) is 0 Å². The van der Waals surface area contributed by atoms with Gasteiger partial charge in [-0.05, 0) is 24.6 Å². The van der Waals surface area contributed by atoms with E-state index >= 15 is 0 Å². The molecule has 13 heavy (non-hydrogen) atoms. The first-order valence-electron chi connectivity index (χ1n) is 4.14. The van der Waals surface area contributed by atoms with E-state index in [1.807, 2.05) is 18.2 Å². The highest BCUT2D eigenvalue weighted by molar-refractivity contribution is 9.10. The number of rotatable bonds is 4. The van der Waals surface area contributed by atoms with Crippen LogP contribution in [0.15, 0.2) is 22.7 Å². The Kier molecular flexibility index (Phi) is 4.05. The molecule has 1 aromatic rings. The van der Waals surface area contributed by atoms with Gasteiger partial charge in [0.25, 0.3) is 0 Å². The molecule has 1 rings (SSSR count). The third kappa shape index (κ3) is 3.24. The third-order valence-electron chi connectivity index (χ3n) is 1.66. The molecule has 1 aromatic carbocycles. The number of hydrogen-bond acceptors (Lipinski definition) is 3. The van der Waals surface area contributed by atoms with E-state index in [1.165, 1.54) is 0 Å². The summed E-state index contributed by atoms with van der Waals surface area (Å²) >= 11 is 3.33. The van der Waals surface area contributed by atoms with E-state index in [2.05, 4.69) is 21.2 Å². The maximum absolute atomic E-state index is 8.58. The predicted molar refractivity (Wildman–Crippen MR) is 58.7 cm³/mol. The van der Waals surface area contributed by atoms with Crippen LogP contribution < -0.4 is 11.1 Å². The quantitative estimate of drug-likeness (QED) is 0.560. The van der Waals surface area contributed by atoms with Crippen molar-refractivity contribution >= 4 is 27.3 Å². The lowest BCUT2D eigenvalue weighted by molar-refractivity contribution is 0.292.